The average Bonchev–Trinajstić information content (AvgIpc) is 2.94. The number of nitrogens with zero attached hydrogens (tertiary/aromatic N) is 1. The van der Waals surface area contributed by atoms with Crippen LogP contribution < -0.4 is 15.6 Å². The quantitative estimate of drug-likeness (QED) is 0.210. The van der Waals surface area contributed by atoms with Crippen molar-refractivity contribution in [1.82, 2.24) is 9.88 Å². The summed E-state index contributed by atoms with van der Waals surface area (Å²) in [7, 11) is 0. The normalized spacial score (nSPS) is 17.0. The topological polar surface area (TPSA) is 101 Å². The molecule has 3 N–H and O–H groups in total. The number of aryl methyl sites for hydroxylation is 2. The molecule has 0 fully saturated rings. The van der Waals surface area contributed by atoms with E-state index >= 15 is 8.78 Å². The number of rotatable bonds is 3. The van der Waals surface area contributed by atoms with Crippen LogP contribution in [0.3, 0.4) is 0 Å². The van der Waals surface area contributed by atoms with Gasteiger partial charge in [-0.05, 0) is 72.5 Å². The second-order valence-corrected chi connectivity index (χ2v) is 10.6. The number of hydrogen-bond acceptors (Lipinski definition) is 5. The molecular formula is C32H27F5N2O5. The van der Waals surface area contributed by atoms with Gasteiger partial charge >= 0.3 is 6.18 Å². The molecule has 1 amide bonds. The monoisotopic (exact) mass is 614 g/mol. The molecule has 4 aromatic rings. The molecule has 44 heavy (non-hydrogen) atoms. The summed E-state index contributed by atoms with van der Waals surface area (Å²) < 4.78 is 77.8. The first-order valence-corrected chi connectivity index (χ1v) is 13.5. The van der Waals surface area contributed by atoms with E-state index in [-0.39, 0.29) is 29.4 Å². The van der Waals surface area contributed by atoms with Gasteiger partial charge in [0.2, 0.25) is 5.91 Å². The number of nitrogens with one attached hydrogen (secondary N) is 1. The van der Waals surface area contributed by atoms with Gasteiger partial charge in [-0.3, -0.25) is 14.2 Å². The third kappa shape index (κ3) is 6.08. The van der Waals surface area contributed by atoms with Gasteiger partial charge in [0.15, 0.2) is 6.29 Å². The molecule has 2 heterocycles. The SMILES string of the molecule is Cc1cc2cc(c1F)[C@H](CC(O)O)NC(=O)[C@H](n1ccc(C(F)(F)F)cc1=O)c1cc(ccc1F)COc1cccc(C)c1-2. The number of pyridine rings is 1. The van der Waals surface area contributed by atoms with Gasteiger partial charge in [-0.2, -0.15) is 13.2 Å². The van der Waals surface area contributed by atoms with Gasteiger partial charge in [0.05, 0.1) is 11.6 Å². The smallest absolute Gasteiger partial charge is 0.416 e. The number of fused-ring (bicyclic) bond motifs is 6. The van der Waals surface area contributed by atoms with Crippen molar-refractivity contribution >= 4 is 5.91 Å². The minimum Gasteiger partial charge on any atom is -0.488 e. The van der Waals surface area contributed by atoms with Crippen LogP contribution in [-0.2, 0) is 17.6 Å². The molecule has 3 aromatic carbocycles. The summed E-state index contributed by atoms with van der Waals surface area (Å²) in [5.74, 6) is -2.42. The van der Waals surface area contributed by atoms with Crippen LogP contribution in [0.25, 0.3) is 11.1 Å². The Morgan fingerprint density at radius 2 is 1.73 bits per heavy atom. The largest absolute Gasteiger partial charge is 0.488 e. The summed E-state index contributed by atoms with van der Waals surface area (Å²) >= 11 is 0. The molecule has 0 unspecified atom stereocenters. The molecule has 0 saturated heterocycles. The summed E-state index contributed by atoms with van der Waals surface area (Å²) in [5, 5.41) is 22.3. The Bertz CT molecular complexity index is 1800. The number of halogens is 5. The van der Waals surface area contributed by atoms with Crippen LogP contribution in [0.5, 0.6) is 5.75 Å². The maximum Gasteiger partial charge on any atom is 0.416 e. The minimum absolute atomic E-state index is 0.119. The predicted molar refractivity (Wildman–Crippen MR) is 150 cm³/mol. The Kier molecular flexibility index (Phi) is 8.32. The lowest BCUT2D eigenvalue weighted by Gasteiger charge is -2.27. The highest BCUT2D eigenvalue weighted by Crippen LogP contribution is 2.38. The van der Waals surface area contributed by atoms with Crippen LogP contribution in [0.1, 0.15) is 51.9 Å². The van der Waals surface area contributed by atoms with E-state index in [0.717, 1.165) is 17.8 Å². The summed E-state index contributed by atoms with van der Waals surface area (Å²) in [6.45, 7) is 3.19. The zero-order valence-electron chi connectivity index (χ0n) is 23.5. The summed E-state index contributed by atoms with van der Waals surface area (Å²) in [5.41, 5.74) is -0.607. The molecule has 230 valence electrons. The van der Waals surface area contributed by atoms with Crippen molar-refractivity contribution in [3.63, 3.8) is 0 Å². The van der Waals surface area contributed by atoms with Crippen molar-refractivity contribution in [2.24, 2.45) is 0 Å². The summed E-state index contributed by atoms with van der Waals surface area (Å²) in [6.07, 6.45) is -6.78. The van der Waals surface area contributed by atoms with Crippen molar-refractivity contribution in [2.45, 2.75) is 51.4 Å². The number of ether oxygens (including phenoxy) is 1. The molecule has 1 aromatic heterocycles. The third-order valence-electron chi connectivity index (χ3n) is 7.50. The first kappa shape index (κ1) is 30.9. The predicted octanol–water partition coefficient (Wildman–Crippen LogP) is 5.47. The van der Waals surface area contributed by atoms with Crippen molar-refractivity contribution in [1.29, 1.82) is 0 Å². The fraction of sp³-hybridized carbons (Fsp3) is 0.250. The molecule has 1 aliphatic rings. The van der Waals surface area contributed by atoms with Gasteiger partial charge in [0.1, 0.15) is 30.0 Å². The van der Waals surface area contributed by atoms with Crippen LogP contribution in [0, 0.1) is 25.5 Å². The molecule has 4 bridgehead atoms. The van der Waals surface area contributed by atoms with Crippen molar-refractivity contribution < 1.29 is 41.7 Å². The molecule has 5 rings (SSSR count). The van der Waals surface area contributed by atoms with E-state index in [4.69, 9.17) is 4.74 Å². The molecule has 1 aliphatic heterocycles. The fourth-order valence-electron chi connectivity index (χ4n) is 5.40. The van der Waals surface area contributed by atoms with Gasteiger partial charge in [-0.15, -0.1) is 0 Å². The second-order valence-electron chi connectivity index (χ2n) is 10.6. The van der Waals surface area contributed by atoms with Crippen molar-refractivity contribution in [3.8, 4) is 16.9 Å². The number of aliphatic hydroxyl groups is 2. The van der Waals surface area contributed by atoms with Crippen LogP contribution in [0.4, 0.5) is 22.0 Å². The minimum atomic E-state index is -4.86. The zero-order valence-corrected chi connectivity index (χ0v) is 23.5. The van der Waals surface area contributed by atoms with Crippen molar-refractivity contribution in [2.75, 3.05) is 0 Å². The number of aromatic nitrogens is 1. The Morgan fingerprint density at radius 3 is 2.41 bits per heavy atom. The van der Waals surface area contributed by atoms with Crippen LogP contribution in [0.15, 0.2) is 71.7 Å². The molecule has 2 atom stereocenters. The maximum absolute atomic E-state index is 15.7. The summed E-state index contributed by atoms with van der Waals surface area (Å²) in [4.78, 5) is 26.9. The first-order valence-electron chi connectivity index (χ1n) is 13.5. The van der Waals surface area contributed by atoms with E-state index in [9.17, 15) is 33.0 Å². The molecule has 0 aliphatic carbocycles. The second kappa shape index (κ2) is 11.9. The number of alkyl halides is 3. The van der Waals surface area contributed by atoms with Crippen LogP contribution in [0.2, 0.25) is 0 Å². The van der Waals surface area contributed by atoms with Gasteiger partial charge in [0, 0.05) is 35.4 Å². The summed E-state index contributed by atoms with van der Waals surface area (Å²) in [6, 6.07) is 9.53. The van der Waals surface area contributed by atoms with Crippen molar-refractivity contribution in [3.05, 3.63) is 122 Å². The number of amides is 1. The van der Waals surface area contributed by atoms with Crippen LogP contribution in [-0.4, -0.2) is 27.0 Å². The molecule has 0 saturated carbocycles. The number of aliphatic hydroxyl groups excluding tert-OH is 1. The number of carbonyl (C=O) groups excluding carboxylic acids is 1. The van der Waals surface area contributed by atoms with E-state index < -0.39 is 59.6 Å². The Hall–Kier alpha value is -4.55. The number of hydrogen-bond donors (Lipinski definition) is 3. The maximum atomic E-state index is 15.7. The van der Waals surface area contributed by atoms with E-state index in [0.29, 0.717) is 33.1 Å². The first-order chi connectivity index (χ1) is 20.7. The highest BCUT2D eigenvalue weighted by Gasteiger charge is 2.34. The average molecular weight is 615 g/mol. The lowest BCUT2D eigenvalue weighted by atomic mass is 9.91. The molecular weight excluding hydrogens is 587 g/mol. The Labute approximate surface area is 248 Å². The highest BCUT2D eigenvalue weighted by atomic mass is 19.4. The third-order valence-corrected chi connectivity index (χ3v) is 7.50. The Balaban J connectivity index is 1.77. The molecule has 0 spiro atoms. The Morgan fingerprint density at radius 1 is 0.977 bits per heavy atom. The van der Waals surface area contributed by atoms with E-state index in [1.165, 1.54) is 25.1 Å². The van der Waals surface area contributed by atoms with Gasteiger partial charge in [-0.25, -0.2) is 8.78 Å². The van der Waals surface area contributed by atoms with Gasteiger partial charge in [-0.1, -0.05) is 18.2 Å². The highest BCUT2D eigenvalue weighted by molar-refractivity contribution is 5.84. The van der Waals surface area contributed by atoms with E-state index in [2.05, 4.69) is 5.32 Å². The zero-order chi connectivity index (χ0) is 31.9. The van der Waals surface area contributed by atoms with E-state index in [1.54, 1.807) is 18.2 Å². The van der Waals surface area contributed by atoms with Gasteiger partial charge < -0.3 is 20.3 Å². The molecule has 0 radical (unpaired) electrons. The molecule has 7 nitrogen and oxygen atoms in total. The number of carbonyl (C=O) groups is 1. The number of benzene rings is 3. The lowest BCUT2D eigenvalue weighted by molar-refractivity contribution is -0.137. The molecule has 12 heteroatoms. The lowest BCUT2D eigenvalue weighted by Crippen LogP contribution is -2.41. The fourth-order valence-corrected chi connectivity index (χ4v) is 5.40. The van der Waals surface area contributed by atoms with E-state index in [1.807, 2.05) is 13.0 Å². The van der Waals surface area contributed by atoms with Crippen LogP contribution >= 0.6 is 0 Å². The standard InChI is InChI=1S/C32H27F5N2O5/c1-16-4-3-5-25-28(16)19-10-17(2)29(34)22(12-19)24(14-27(41)42)38-31(43)30(21-11-18(15-44-25)6-7-23(21)33)39-9-8-20(13-26(39)40)32(35,36)37/h3-13,24,27,30,41-42H,14-15H2,1-2H3,(H,38,43)/t24-,30+/m0/s1. The van der Waals surface area contributed by atoms with Gasteiger partial charge in [0.25, 0.3) is 5.56 Å².